The SMILES string of the molecule is CO[P+](=O)OSC(C)C. The van der Waals surface area contributed by atoms with E-state index in [2.05, 4.69) is 8.49 Å². The number of hydrogen-bond donors (Lipinski definition) is 0. The van der Waals surface area contributed by atoms with E-state index in [1.807, 2.05) is 13.8 Å². The van der Waals surface area contributed by atoms with Crippen molar-refractivity contribution < 1.29 is 13.1 Å². The van der Waals surface area contributed by atoms with Crippen LogP contribution in [0.15, 0.2) is 0 Å². The van der Waals surface area contributed by atoms with E-state index < -0.39 is 8.25 Å². The molecule has 54 valence electrons. The molecule has 0 aliphatic heterocycles. The average molecular weight is 169 g/mol. The molecule has 0 rings (SSSR count). The molecule has 1 atom stereocenters. The lowest BCUT2D eigenvalue weighted by atomic mass is 10.6. The monoisotopic (exact) mass is 169 g/mol. The van der Waals surface area contributed by atoms with Gasteiger partial charge in [0.1, 0.15) is 0 Å². The van der Waals surface area contributed by atoms with Crippen LogP contribution in [0.2, 0.25) is 0 Å². The van der Waals surface area contributed by atoms with Crippen LogP contribution in [0.4, 0.5) is 0 Å². The minimum absolute atomic E-state index is 0.319. The topological polar surface area (TPSA) is 35.5 Å². The molecule has 0 bridgehead atoms. The molecule has 3 nitrogen and oxygen atoms in total. The third-order valence-electron chi connectivity index (χ3n) is 0.445. The Labute approximate surface area is 60.3 Å². The maximum Gasteiger partial charge on any atom is 0.709 e. The van der Waals surface area contributed by atoms with Crippen LogP contribution >= 0.6 is 20.3 Å². The van der Waals surface area contributed by atoms with Gasteiger partial charge in [-0.3, -0.25) is 0 Å². The first kappa shape index (κ1) is 9.37. The molecule has 0 fully saturated rings. The summed E-state index contributed by atoms with van der Waals surface area (Å²) in [5, 5.41) is 0.319. The van der Waals surface area contributed by atoms with Crippen molar-refractivity contribution in [1.29, 1.82) is 0 Å². The fourth-order valence-corrected chi connectivity index (χ4v) is 1.36. The van der Waals surface area contributed by atoms with Crippen LogP contribution in [0.1, 0.15) is 13.8 Å². The molecule has 0 aromatic heterocycles. The summed E-state index contributed by atoms with van der Waals surface area (Å²) >= 11 is 1.16. The van der Waals surface area contributed by atoms with Crippen LogP contribution in [-0.2, 0) is 13.1 Å². The summed E-state index contributed by atoms with van der Waals surface area (Å²) in [6.07, 6.45) is 0. The van der Waals surface area contributed by atoms with Gasteiger partial charge in [0.25, 0.3) is 0 Å². The van der Waals surface area contributed by atoms with Crippen LogP contribution in [0.5, 0.6) is 0 Å². The van der Waals surface area contributed by atoms with Gasteiger partial charge < -0.3 is 0 Å². The summed E-state index contributed by atoms with van der Waals surface area (Å²) in [4.78, 5) is 0. The van der Waals surface area contributed by atoms with Crippen molar-refractivity contribution in [2.45, 2.75) is 19.1 Å². The number of rotatable bonds is 4. The minimum atomic E-state index is -1.90. The molecule has 0 aromatic rings. The molecule has 0 aliphatic rings. The standard InChI is InChI=1S/C4H10O3PS/c1-4(2)9-7-8(5)6-3/h4H,1-3H3/q+1. The van der Waals surface area contributed by atoms with Crippen molar-refractivity contribution in [1.82, 2.24) is 0 Å². The Morgan fingerprint density at radius 1 is 1.56 bits per heavy atom. The third kappa shape index (κ3) is 6.25. The smallest absolute Gasteiger partial charge is 0.122 e. The van der Waals surface area contributed by atoms with Gasteiger partial charge in [0.15, 0.2) is 0 Å². The van der Waals surface area contributed by atoms with Crippen LogP contribution in [0.3, 0.4) is 0 Å². The van der Waals surface area contributed by atoms with Crippen LogP contribution in [0, 0.1) is 0 Å². The second-order valence-electron chi connectivity index (χ2n) is 1.63. The number of hydrogen-bond acceptors (Lipinski definition) is 4. The van der Waals surface area contributed by atoms with E-state index in [-0.39, 0.29) is 0 Å². The second kappa shape index (κ2) is 5.18. The van der Waals surface area contributed by atoms with E-state index >= 15 is 0 Å². The van der Waals surface area contributed by atoms with Gasteiger partial charge in [-0.2, -0.15) is 0 Å². The third-order valence-corrected chi connectivity index (χ3v) is 1.96. The zero-order valence-electron chi connectivity index (χ0n) is 5.66. The highest BCUT2D eigenvalue weighted by molar-refractivity contribution is 7.97. The summed E-state index contributed by atoms with van der Waals surface area (Å²) in [7, 11) is -0.551. The van der Waals surface area contributed by atoms with Crippen LogP contribution in [0.25, 0.3) is 0 Å². The molecule has 0 amide bonds. The molecule has 0 N–H and O–H groups in total. The Balaban J connectivity index is 3.17. The Kier molecular flexibility index (Phi) is 5.39. The predicted molar refractivity (Wildman–Crippen MR) is 38.4 cm³/mol. The molecule has 0 heterocycles. The van der Waals surface area contributed by atoms with E-state index in [1.165, 1.54) is 7.11 Å². The Hall–Kier alpha value is 0.370. The molecule has 0 saturated heterocycles. The highest BCUT2D eigenvalue weighted by Gasteiger charge is 2.18. The van der Waals surface area contributed by atoms with Gasteiger partial charge in [-0.1, -0.05) is 13.8 Å². The Morgan fingerprint density at radius 3 is 2.44 bits per heavy atom. The van der Waals surface area contributed by atoms with Gasteiger partial charge in [0.05, 0.1) is 19.2 Å². The molecule has 0 aromatic carbocycles. The van der Waals surface area contributed by atoms with Gasteiger partial charge in [-0.15, -0.1) is 4.52 Å². The van der Waals surface area contributed by atoms with Crippen molar-refractivity contribution in [2.75, 3.05) is 7.11 Å². The minimum Gasteiger partial charge on any atom is -0.122 e. The first-order valence-corrected chi connectivity index (χ1v) is 4.41. The van der Waals surface area contributed by atoms with Gasteiger partial charge >= 0.3 is 8.25 Å². The van der Waals surface area contributed by atoms with Crippen LogP contribution < -0.4 is 0 Å². The van der Waals surface area contributed by atoms with E-state index in [0.717, 1.165) is 12.0 Å². The summed E-state index contributed by atoms with van der Waals surface area (Å²) in [6, 6.07) is 0. The Morgan fingerprint density at radius 2 is 2.11 bits per heavy atom. The van der Waals surface area contributed by atoms with Crippen molar-refractivity contribution in [2.24, 2.45) is 0 Å². The quantitative estimate of drug-likeness (QED) is 0.478. The van der Waals surface area contributed by atoms with E-state index in [1.54, 1.807) is 0 Å². The highest BCUT2D eigenvalue weighted by Crippen LogP contribution is 2.30. The first-order valence-electron chi connectivity index (χ1n) is 2.51. The van der Waals surface area contributed by atoms with Crippen molar-refractivity contribution in [3.05, 3.63) is 0 Å². The second-order valence-corrected chi connectivity index (χ2v) is 4.17. The average Bonchev–Trinajstić information content (AvgIpc) is 1.83. The molecule has 1 unspecified atom stereocenters. The molecule has 0 aliphatic carbocycles. The maximum atomic E-state index is 10.4. The fraction of sp³-hybridized carbons (Fsp3) is 1.00. The molecular formula is C4H10O3PS+. The van der Waals surface area contributed by atoms with Gasteiger partial charge in [0.2, 0.25) is 0 Å². The summed E-state index contributed by atoms with van der Waals surface area (Å²) < 4.78 is 19.4. The molecular weight excluding hydrogens is 159 g/mol. The fourth-order valence-electron chi connectivity index (χ4n) is 0.152. The van der Waals surface area contributed by atoms with Crippen molar-refractivity contribution in [3.63, 3.8) is 0 Å². The lowest BCUT2D eigenvalue weighted by Crippen LogP contribution is -1.84. The van der Waals surface area contributed by atoms with Gasteiger partial charge in [0, 0.05) is 9.81 Å². The van der Waals surface area contributed by atoms with E-state index in [9.17, 15) is 4.57 Å². The zero-order chi connectivity index (χ0) is 7.28. The molecule has 0 radical (unpaired) electrons. The maximum absolute atomic E-state index is 10.4. The van der Waals surface area contributed by atoms with E-state index in [0.29, 0.717) is 5.25 Å². The summed E-state index contributed by atoms with van der Waals surface area (Å²) in [5.74, 6) is 0. The van der Waals surface area contributed by atoms with Crippen molar-refractivity contribution >= 4 is 20.3 Å². The normalized spacial score (nSPS) is 12.2. The van der Waals surface area contributed by atoms with E-state index in [4.69, 9.17) is 0 Å². The summed E-state index contributed by atoms with van der Waals surface area (Å²) in [6.45, 7) is 3.90. The predicted octanol–water partition coefficient (Wildman–Crippen LogP) is 2.36. The lowest BCUT2D eigenvalue weighted by molar-refractivity contribution is 0.362. The largest absolute Gasteiger partial charge is 0.709 e. The molecule has 5 heteroatoms. The van der Waals surface area contributed by atoms with Gasteiger partial charge in [-0.25, -0.2) is 0 Å². The van der Waals surface area contributed by atoms with Crippen molar-refractivity contribution in [3.8, 4) is 0 Å². The van der Waals surface area contributed by atoms with Gasteiger partial charge in [-0.05, 0) is 3.97 Å². The molecule has 0 saturated carbocycles. The zero-order valence-corrected chi connectivity index (χ0v) is 7.37. The summed E-state index contributed by atoms with van der Waals surface area (Å²) in [5.41, 5.74) is 0. The first-order chi connectivity index (χ1) is 4.16. The highest BCUT2D eigenvalue weighted by atomic mass is 32.2. The molecule has 9 heavy (non-hydrogen) atoms. The van der Waals surface area contributed by atoms with Crippen LogP contribution in [-0.4, -0.2) is 12.4 Å². The Bertz CT molecular complexity index is 95.8. The lowest BCUT2D eigenvalue weighted by Gasteiger charge is -1.91. The molecule has 0 spiro atoms.